The molecule has 0 aliphatic carbocycles. The predicted octanol–water partition coefficient (Wildman–Crippen LogP) is 1.94. The number of hydrogen-bond acceptors (Lipinski definition) is 3. The molecule has 0 bridgehead atoms. The van der Waals surface area contributed by atoms with Crippen LogP contribution in [0.4, 0.5) is 5.69 Å². The van der Waals surface area contributed by atoms with Crippen molar-refractivity contribution in [3.8, 4) is 0 Å². The van der Waals surface area contributed by atoms with Crippen molar-refractivity contribution in [2.45, 2.75) is 6.92 Å². The van der Waals surface area contributed by atoms with Gasteiger partial charge in [-0.2, -0.15) is 0 Å². The number of nitrogens with zero attached hydrogens (tertiary/aromatic N) is 2. The molecule has 0 aliphatic rings. The molecule has 0 saturated heterocycles. The van der Waals surface area contributed by atoms with E-state index < -0.39 is 4.92 Å². The van der Waals surface area contributed by atoms with Crippen LogP contribution in [-0.4, -0.2) is 10.8 Å². The third-order valence-corrected chi connectivity index (χ3v) is 1.65. The number of hydrogen-bond donors (Lipinski definition) is 1. The van der Waals surface area contributed by atoms with Gasteiger partial charge in [-0.3, -0.25) is 10.1 Å². The fraction of sp³-hybridized carbons (Fsp3) is 0.100. The van der Waals surface area contributed by atoms with Gasteiger partial charge in [0.2, 0.25) is 0 Å². The largest absolute Gasteiger partial charge is 0.387 e. The van der Waals surface area contributed by atoms with Crippen molar-refractivity contribution in [1.29, 1.82) is 0 Å². The van der Waals surface area contributed by atoms with Gasteiger partial charge in [0.05, 0.1) is 10.8 Å². The molecule has 0 aromatic heterocycles. The predicted molar refractivity (Wildman–Crippen MR) is 59.4 cm³/mol. The molecule has 5 heteroatoms. The van der Waals surface area contributed by atoms with E-state index in [9.17, 15) is 10.1 Å². The van der Waals surface area contributed by atoms with Crippen LogP contribution in [0.25, 0.3) is 6.08 Å². The zero-order valence-electron chi connectivity index (χ0n) is 8.25. The third-order valence-electron chi connectivity index (χ3n) is 1.65. The summed E-state index contributed by atoms with van der Waals surface area (Å²) >= 11 is 0. The Hall–Kier alpha value is -2.17. The van der Waals surface area contributed by atoms with Crippen LogP contribution in [0.5, 0.6) is 0 Å². The molecule has 0 unspecified atom stereocenters. The lowest BCUT2D eigenvalue weighted by molar-refractivity contribution is -0.384. The molecule has 5 nitrogen and oxygen atoms in total. The molecular formula is C10H11N3O2. The molecule has 2 N–H and O–H groups in total. The maximum absolute atomic E-state index is 10.4. The van der Waals surface area contributed by atoms with E-state index >= 15 is 0 Å². The summed E-state index contributed by atoms with van der Waals surface area (Å²) in [6.07, 6.45) is 3.27. The van der Waals surface area contributed by atoms with Gasteiger partial charge < -0.3 is 5.73 Å². The van der Waals surface area contributed by atoms with E-state index in [2.05, 4.69) is 4.99 Å². The van der Waals surface area contributed by atoms with Gasteiger partial charge in [-0.1, -0.05) is 0 Å². The van der Waals surface area contributed by atoms with E-state index in [1.807, 2.05) is 0 Å². The minimum Gasteiger partial charge on any atom is -0.387 e. The highest BCUT2D eigenvalue weighted by Crippen LogP contribution is 2.12. The molecule has 0 atom stereocenters. The van der Waals surface area contributed by atoms with Gasteiger partial charge in [-0.25, -0.2) is 4.99 Å². The number of nitro benzene ring substituents is 1. The van der Waals surface area contributed by atoms with Crippen molar-refractivity contribution in [3.05, 3.63) is 46.1 Å². The van der Waals surface area contributed by atoms with Gasteiger partial charge >= 0.3 is 0 Å². The van der Waals surface area contributed by atoms with Crippen LogP contribution in [-0.2, 0) is 0 Å². The Labute approximate surface area is 87.1 Å². The highest BCUT2D eigenvalue weighted by molar-refractivity contribution is 5.78. The summed E-state index contributed by atoms with van der Waals surface area (Å²) in [6.45, 7) is 1.68. The summed E-state index contributed by atoms with van der Waals surface area (Å²) < 4.78 is 0. The number of non-ortho nitro benzene ring substituents is 1. The quantitative estimate of drug-likeness (QED) is 0.354. The van der Waals surface area contributed by atoms with Crippen LogP contribution in [0.2, 0.25) is 0 Å². The molecule has 15 heavy (non-hydrogen) atoms. The Balaban J connectivity index is 2.77. The first kappa shape index (κ1) is 10.9. The average Bonchev–Trinajstić information content (AvgIpc) is 2.18. The van der Waals surface area contributed by atoms with Gasteiger partial charge in [0.15, 0.2) is 0 Å². The standard InChI is InChI=1S/C10H11N3O2/c1-8(11)12-7-6-9-2-4-10(5-3-9)13(14)15/h2-7H,1H3,(H2,11,12). The Bertz CT molecular complexity index is 403. The molecule has 1 aromatic carbocycles. The maximum Gasteiger partial charge on any atom is 0.269 e. The molecule has 0 aliphatic heterocycles. The van der Waals surface area contributed by atoms with Gasteiger partial charge in [0.25, 0.3) is 5.69 Å². The van der Waals surface area contributed by atoms with Gasteiger partial charge in [0, 0.05) is 18.3 Å². The van der Waals surface area contributed by atoms with E-state index in [1.54, 1.807) is 31.3 Å². The minimum atomic E-state index is -0.435. The maximum atomic E-state index is 10.4. The first-order chi connectivity index (χ1) is 7.09. The number of aliphatic imine (C=N–C) groups is 1. The lowest BCUT2D eigenvalue weighted by Crippen LogP contribution is -2.03. The van der Waals surface area contributed by atoms with Crippen LogP contribution in [0.1, 0.15) is 12.5 Å². The topological polar surface area (TPSA) is 81.5 Å². The monoisotopic (exact) mass is 205 g/mol. The molecule has 0 amide bonds. The first-order valence-corrected chi connectivity index (χ1v) is 4.30. The zero-order chi connectivity index (χ0) is 11.3. The summed E-state index contributed by atoms with van der Waals surface area (Å²) in [5, 5.41) is 10.4. The van der Waals surface area contributed by atoms with Gasteiger partial charge in [-0.15, -0.1) is 0 Å². The third kappa shape index (κ3) is 3.60. The highest BCUT2D eigenvalue weighted by atomic mass is 16.6. The van der Waals surface area contributed by atoms with Crippen LogP contribution < -0.4 is 5.73 Å². The summed E-state index contributed by atoms with van der Waals surface area (Å²) in [5.74, 6) is 0.466. The summed E-state index contributed by atoms with van der Waals surface area (Å²) in [6, 6.07) is 6.18. The van der Waals surface area contributed by atoms with Crippen LogP contribution in [0.3, 0.4) is 0 Å². The summed E-state index contributed by atoms with van der Waals surface area (Å²) in [7, 11) is 0. The second kappa shape index (κ2) is 4.90. The number of nitrogens with two attached hydrogens (primary N) is 1. The average molecular weight is 205 g/mol. The Kier molecular flexibility index (Phi) is 3.56. The lowest BCUT2D eigenvalue weighted by atomic mass is 10.2. The molecule has 0 fully saturated rings. The summed E-state index contributed by atoms with van der Waals surface area (Å²) in [5.41, 5.74) is 6.24. The minimum absolute atomic E-state index is 0.0747. The fourth-order valence-electron chi connectivity index (χ4n) is 0.948. The molecule has 1 aromatic rings. The van der Waals surface area contributed by atoms with E-state index in [0.717, 1.165) is 5.56 Å². The SMILES string of the molecule is CC(N)=NC=Cc1ccc([N+](=O)[O-])cc1. The zero-order valence-corrected chi connectivity index (χ0v) is 8.25. The Morgan fingerprint density at radius 1 is 1.47 bits per heavy atom. The van der Waals surface area contributed by atoms with Crippen LogP contribution >= 0.6 is 0 Å². The molecule has 78 valence electrons. The molecule has 1 rings (SSSR count). The highest BCUT2D eigenvalue weighted by Gasteiger charge is 2.01. The van der Waals surface area contributed by atoms with Gasteiger partial charge in [0.1, 0.15) is 0 Å². The number of amidine groups is 1. The second-order valence-electron chi connectivity index (χ2n) is 2.93. The van der Waals surface area contributed by atoms with E-state index in [-0.39, 0.29) is 5.69 Å². The van der Waals surface area contributed by atoms with Crippen molar-refractivity contribution in [1.82, 2.24) is 0 Å². The molecule has 0 heterocycles. The Morgan fingerprint density at radius 2 is 2.07 bits per heavy atom. The van der Waals surface area contributed by atoms with Crippen LogP contribution in [0, 0.1) is 10.1 Å². The van der Waals surface area contributed by atoms with Crippen molar-refractivity contribution in [2.75, 3.05) is 0 Å². The summed E-state index contributed by atoms with van der Waals surface area (Å²) in [4.78, 5) is 13.8. The van der Waals surface area contributed by atoms with E-state index in [4.69, 9.17) is 5.73 Å². The van der Waals surface area contributed by atoms with Crippen molar-refractivity contribution >= 4 is 17.6 Å². The fourth-order valence-corrected chi connectivity index (χ4v) is 0.948. The van der Waals surface area contributed by atoms with E-state index in [0.29, 0.717) is 5.84 Å². The smallest absolute Gasteiger partial charge is 0.269 e. The number of nitro groups is 1. The Morgan fingerprint density at radius 3 is 2.53 bits per heavy atom. The van der Waals surface area contributed by atoms with Crippen LogP contribution in [0.15, 0.2) is 35.5 Å². The molecule has 0 spiro atoms. The van der Waals surface area contributed by atoms with Crippen molar-refractivity contribution in [3.63, 3.8) is 0 Å². The second-order valence-corrected chi connectivity index (χ2v) is 2.93. The molecule has 0 saturated carbocycles. The van der Waals surface area contributed by atoms with Crippen molar-refractivity contribution in [2.24, 2.45) is 10.7 Å². The normalized spacial score (nSPS) is 11.9. The van der Waals surface area contributed by atoms with Crippen molar-refractivity contribution < 1.29 is 4.92 Å². The van der Waals surface area contributed by atoms with Gasteiger partial charge in [-0.05, 0) is 30.7 Å². The van der Waals surface area contributed by atoms with E-state index in [1.165, 1.54) is 12.1 Å². The first-order valence-electron chi connectivity index (χ1n) is 4.30. The molecule has 0 radical (unpaired) electrons. The number of rotatable bonds is 3. The molecular weight excluding hydrogens is 194 g/mol. The lowest BCUT2D eigenvalue weighted by Gasteiger charge is -1.92. The number of benzene rings is 1.